The number of aliphatic carboxylic acids is 1. The number of methoxy groups -OCH3 is 1. The van der Waals surface area contributed by atoms with E-state index in [0.717, 1.165) is 0 Å². The van der Waals surface area contributed by atoms with E-state index in [4.69, 9.17) is 16.3 Å². The number of rotatable bonds is 4. The zero-order chi connectivity index (χ0) is 14.0. The van der Waals surface area contributed by atoms with Crippen molar-refractivity contribution in [3.05, 3.63) is 21.3 Å². The molecule has 104 valence electrons. The van der Waals surface area contributed by atoms with Crippen LogP contribution in [-0.2, 0) is 9.53 Å². The van der Waals surface area contributed by atoms with Crippen molar-refractivity contribution in [2.75, 3.05) is 26.8 Å². The van der Waals surface area contributed by atoms with Crippen LogP contribution in [0.5, 0.6) is 0 Å². The fraction of sp³-hybridized carbons (Fsp3) is 0.500. The predicted molar refractivity (Wildman–Crippen MR) is 71.8 cm³/mol. The minimum atomic E-state index is -0.995. The molecular weight excluding hydrogens is 290 g/mol. The van der Waals surface area contributed by atoms with E-state index < -0.39 is 11.4 Å². The lowest BCUT2D eigenvalue weighted by molar-refractivity contribution is -0.151. The Kier molecular flexibility index (Phi) is 4.13. The molecule has 1 aromatic heterocycles. The number of nitrogens with zero attached hydrogens (tertiary/aromatic N) is 1. The van der Waals surface area contributed by atoms with Crippen LogP contribution in [0.3, 0.4) is 0 Å². The first-order valence-electron chi connectivity index (χ1n) is 5.75. The molecule has 1 fully saturated rings. The van der Waals surface area contributed by atoms with E-state index in [1.807, 2.05) is 0 Å². The summed E-state index contributed by atoms with van der Waals surface area (Å²) in [5.74, 6) is -1.09. The van der Waals surface area contributed by atoms with Gasteiger partial charge in [0.15, 0.2) is 0 Å². The van der Waals surface area contributed by atoms with Gasteiger partial charge in [0.25, 0.3) is 5.91 Å². The van der Waals surface area contributed by atoms with Gasteiger partial charge in [0.1, 0.15) is 5.41 Å². The number of carbonyl (C=O) groups is 2. The first-order valence-corrected chi connectivity index (χ1v) is 6.95. The van der Waals surface area contributed by atoms with E-state index in [-0.39, 0.29) is 19.1 Å². The topological polar surface area (TPSA) is 66.8 Å². The SMILES string of the molecule is COCC1(C(=O)O)CCN(C(=O)c2ccc(Cl)s2)C1. The van der Waals surface area contributed by atoms with Crippen LogP contribution in [0.1, 0.15) is 16.1 Å². The smallest absolute Gasteiger partial charge is 0.313 e. The summed E-state index contributed by atoms with van der Waals surface area (Å²) >= 11 is 7.00. The van der Waals surface area contributed by atoms with Gasteiger partial charge in [-0.25, -0.2) is 0 Å². The summed E-state index contributed by atoms with van der Waals surface area (Å²) in [7, 11) is 1.47. The van der Waals surface area contributed by atoms with Gasteiger partial charge in [-0.2, -0.15) is 0 Å². The standard InChI is InChI=1S/C12H14ClNO4S/c1-18-7-12(11(16)17)4-5-14(6-12)10(15)8-2-3-9(13)19-8/h2-3H,4-7H2,1H3,(H,16,17). The van der Waals surface area contributed by atoms with Crippen molar-refractivity contribution in [1.82, 2.24) is 4.90 Å². The maximum absolute atomic E-state index is 12.2. The molecule has 0 aliphatic carbocycles. The van der Waals surface area contributed by atoms with Crippen LogP contribution in [0.25, 0.3) is 0 Å². The maximum Gasteiger partial charge on any atom is 0.313 e. The summed E-state index contributed by atoms with van der Waals surface area (Å²) in [6, 6.07) is 3.32. The second-order valence-corrected chi connectivity index (χ2v) is 6.31. The number of likely N-dealkylation sites (tertiary alicyclic amines) is 1. The first kappa shape index (κ1) is 14.3. The van der Waals surface area contributed by atoms with Crippen molar-refractivity contribution < 1.29 is 19.4 Å². The molecule has 19 heavy (non-hydrogen) atoms. The fourth-order valence-corrected chi connectivity index (χ4v) is 3.27. The van der Waals surface area contributed by atoms with Crippen LogP contribution in [0.15, 0.2) is 12.1 Å². The van der Waals surface area contributed by atoms with Crippen LogP contribution in [0.2, 0.25) is 4.34 Å². The number of amides is 1. The van der Waals surface area contributed by atoms with Gasteiger partial charge in [-0.3, -0.25) is 9.59 Å². The third kappa shape index (κ3) is 2.75. The van der Waals surface area contributed by atoms with Crippen LogP contribution in [0, 0.1) is 5.41 Å². The summed E-state index contributed by atoms with van der Waals surface area (Å²) in [5, 5.41) is 9.33. The minimum absolute atomic E-state index is 0.108. The second kappa shape index (κ2) is 5.48. The molecule has 1 atom stereocenters. The third-order valence-corrected chi connectivity index (χ3v) is 4.52. The lowest BCUT2D eigenvalue weighted by Crippen LogP contribution is -2.40. The quantitative estimate of drug-likeness (QED) is 0.923. The zero-order valence-electron chi connectivity index (χ0n) is 10.4. The molecule has 0 saturated carbocycles. The van der Waals surface area contributed by atoms with Crippen LogP contribution < -0.4 is 0 Å². The summed E-state index contributed by atoms with van der Waals surface area (Å²) in [5.41, 5.74) is -0.995. The number of thiophene rings is 1. The highest BCUT2D eigenvalue weighted by molar-refractivity contribution is 7.17. The van der Waals surface area contributed by atoms with Gasteiger partial charge in [0.05, 0.1) is 15.8 Å². The normalized spacial score (nSPS) is 22.7. The molecule has 5 nitrogen and oxygen atoms in total. The summed E-state index contributed by atoms with van der Waals surface area (Å²) in [4.78, 5) is 25.7. The van der Waals surface area contributed by atoms with Crippen LogP contribution >= 0.6 is 22.9 Å². The molecule has 0 bridgehead atoms. The van der Waals surface area contributed by atoms with Gasteiger partial charge in [-0.05, 0) is 18.6 Å². The van der Waals surface area contributed by atoms with Crippen molar-refractivity contribution in [3.8, 4) is 0 Å². The molecule has 2 heterocycles. The number of carboxylic acid groups (broad SMARTS) is 1. The van der Waals surface area contributed by atoms with Gasteiger partial charge in [0, 0.05) is 20.2 Å². The number of hydrogen-bond acceptors (Lipinski definition) is 4. The highest BCUT2D eigenvalue weighted by Gasteiger charge is 2.46. The fourth-order valence-electron chi connectivity index (χ4n) is 2.26. The minimum Gasteiger partial charge on any atom is -0.481 e. The Morgan fingerprint density at radius 3 is 2.84 bits per heavy atom. The average molecular weight is 304 g/mol. The molecule has 7 heteroatoms. The molecule has 1 saturated heterocycles. The molecule has 1 unspecified atom stereocenters. The van der Waals surface area contributed by atoms with E-state index in [2.05, 4.69) is 0 Å². The molecule has 0 aromatic carbocycles. The molecule has 0 spiro atoms. The van der Waals surface area contributed by atoms with Gasteiger partial charge < -0.3 is 14.7 Å². The van der Waals surface area contributed by atoms with Crippen LogP contribution in [-0.4, -0.2) is 48.7 Å². The van der Waals surface area contributed by atoms with E-state index in [1.165, 1.54) is 18.4 Å². The Morgan fingerprint density at radius 2 is 2.32 bits per heavy atom. The lowest BCUT2D eigenvalue weighted by atomic mass is 9.88. The van der Waals surface area contributed by atoms with E-state index in [1.54, 1.807) is 17.0 Å². The largest absolute Gasteiger partial charge is 0.481 e. The van der Waals surface area contributed by atoms with Crippen molar-refractivity contribution in [3.63, 3.8) is 0 Å². The van der Waals surface area contributed by atoms with Crippen molar-refractivity contribution in [1.29, 1.82) is 0 Å². The number of carboxylic acids is 1. The summed E-state index contributed by atoms with van der Waals surface area (Å²) in [6.07, 6.45) is 0.404. The van der Waals surface area contributed by atoms with Crippen molar-refractivity contribution in [2.24, 2.45) is 5.41 Å². The van der Waals surface area contributed by atoms with Crippen molar-refractivity contribution >= 4 is 34.8 Å². The molecule has 1 N–H and O–H groups in total. The van der Waals surface area contributed by atoms with Gasteiger partial charge >= 0.3 is 5.97 Å². The summed E-state index contributed by atoms with van der Waals surface area (Å²) < 4.78 is 5.54. The average Bonchev–Trinajstić information content (AvgIpc) is 2.96. The van der Waals surface area contributed by atoms with Crippen molar-refractivity contribution in [2.45, 2.75) is 6.42 Å². The zero-order valence-corrected chi connectivity index (χ0v) is 12.0. The van der Waals surface area contributed by atoms with Crippen LogP contribution in [0.4, 0.5) is 0 Å². The number of halogens is 1. The predicted octanol–water partition coefficient (Wildman–Crippen LogP) is 1.96. The molecule has 1 aliphatic rings. The first-order chi connectivity index (χ1) is 8.98. The van der Waals surface area contributed by atoms with Gasteiger partial charge in [0.2, 0.25) is 0 Å². The molecule has 1 amide bonds. The Morgan fingerprint density at radius 1 is 1.58 bits per heavy atom. The molecule has 2 rings (SSSR count). The van der Waals surface area contributed by atoms with E-state index >= 15 is 0 Å². The Balaban J connectivity index is 2.13. The monoisotopic (exact) mass is 303 g/mol. The third-order valence-electron chi connectivity index (χ3n) is 3.30. The number of ether oxygens (including phenoxy) is 1. The van der Waals surface area contributed by atoms with E-state index in [9.17, 15) is 14.7 Å². The molecule has 1 aliphatic heterocycles. The maximum atomic E-state index is 12.2. The summed E-state index contributed by atoms with van der Waals surface area (Å²) in [6.45, 7) is 0.700. The molecular formula is C12H14ClNO4S. The Labute approximate surface area is 119 Å². The van der Waals surface area contributed by atoms with Gasteiger partial charge in [-0.15, -0.1) is 11.3 Å². The lowest BCUT2D eigenvalue weighted by Gasteiger charge is -2.23. The van der Waals surface area contributed by atoms with Gasteiger partial charge in [-0.1, -0.05) is 11.6 Å². The Hall–Kier alpha value is -1.11. The highest BCUT2D eigenvalue weighted by atomic mass is 35.5. The Bertz CT molecular complexity index is 504. The number of hydrogen-bond donors (Lipinski definition) is 1. The highest BCUT2D eigenvalue weighted by Crippen LogP contribution is 2.33. The second-order valence-electron chi connectivity index (χ2n) is 4.60. The van der Waals surface area contributed by atoms with E-state index in [0.29, 0.717) is 22.2 Å². The molecule has 0 radical (unpaired) electrons. The number of carbonyl (C=O) groups excluding carboxylic acids is 1. The molecule has 1 aromatic rings.